The number of ether oxygens (including phenoxy) is 4. The van der Waals surface area contributed by atoms with Crippen molar-refractivity contribution >= 4 is 17.6 Å². The molecule has 3 aromatic rings. The lowest BCUT2D eigenvalue weighted by Gasteiger charge is -2.19. The number of hydrogen-bond acceptors (Lipinski definition) is 6. The van der Waals surface area contributed by atoms with Gasteiger partial charge in [0.1, 0.15) is 31.4 Å². The molecule has 0 radical (unpaired) electrons. The summed E-state index contributed by atoms with van der Waals surface area (Å²) >= 11 is 0. The van der Waals surface area contributed by atoms with Crippen molar-refractivity contribution < 1.29 is 32.9 Å². The van der Waals surface area contributed by atoms with Crippen LogP contribution in [0.15, 0.2) is 66.7 Å². The van der Waals surface area contributed by atoms with E-state index in [4.69, 9.17) is 18.9 Å². The molecule has 0 spiro atoms. The molecule has 164 valence electrons. The minimum atomic E-state index is -0.658. The molecule has 0 bridgehead atoms. The number of benzene rings is 3. The summed E-state index contributed by atoms with van der Waals surface area (Å²) in [5.74, 6) is 0.139. The minimum absolute atomic E-state index is 0.219. The molecule has 0 unspecified atom stereocenters. The summed E-state index contributed by atoms with van der Waals surface area (Å²) in [4.78, 5) is 24.5. The van der Waals surface area contributed by atoms with Gasteiger partial charge in [-0.25, -0.2) is 9.18 Å². The maximum atomic E-state index is 13.0. The van der Waals surface area contributed by atoms with Gasteiger partial charge in [-0.2, -0.15) is 0 Å². The van der Waals surface area contributed by atoms with Gasteiger partial charge in [-0.3, -0.25) is 4.79 Å². The first-order valence-electron chi connectivity index (χ1n) is 9.91. The number of esters is 1. The third-order valence-electron chi connectivity index (χ3n) is 4.55. The summed E-state index contributed by atoms with van der Waals surface area (Å²) in [5, 5.41) is 2.65. The van der Waals surface area contributed by atoms with Crippen LogP contribution >= 0.6 is 0 Å². The van der Waals surface area contributed by atoms with Crippen molar-refractivity contribution in [2.75, 3.05) is 25.1 Å². The van der Waals surface area contributed by atoms with Crippen molar-refractivity contribution in [3.05, 3.63) is 83.7 Å². The molecule has 1 heterocycles. The lowest BCUT2D eigenvalue weighted by Crippen LogP contribution is -2.21. The number of hydrogen-bond donors (Lipinski definition) is 1. The largest absolute Gasteiger partial charge is 0.489 e. The van der Waals surface area contributed by atoms with E-state index < -0.39 is 18.5 Å². The van der Waals surface area contributed by atoms with Crippen LogP contribution < -0.4 is 19.5 Å². The van der Waals surface area contributed by atoms with Gasteiger partial charge >= 0.3 is 5.97 Å². The molecule has 1 aliphatic heterocycles. The zero-order chi connectivity index (χ0) is 22.3. The molecule has 0 saturated carbocycles. The molecule has 0 fully saturated rings. The molecule has 0 saturated heterocycles. The van der Waals surface area contributed by atoms with Gasteiger partial charge in [-0.15, -0.1) is 0 Å². The highest BCUT2D eigenvalue weighted by Crippen LogP contribution is 2.32. The quantitative estimate of drug-likeness (QED) is 0.563. The Hall–Kier alpha value is -4.07. The van der Waals surface area contributed by atoms with Gasteiger partial charge in [-0.05, 0) is 48.0 Å². The SMILES string of the molecule is O=C(COC(=O)c1cccc(OCc2ccc(F)cc2)c1)Nc1ccc2c(c1)OCCO2. The molecule has 0 aliphatic carbocycles. The fourth-order valence-electron chi connectivity index (χ4n) is 2.99. The minimum Gasteiger partial charge on any atom is -0.489 e. The molecule has 32 heavy (non-hydrogen) atoms. The molecule has 1 aliphatic rings. The highest BCUT2D eigenvalue weighted by atomic mass is 19.1. The number of carbonyl (C=O) groups excluding carboxylic acids is 2. The third kappa shape index (κ3) is 5.54. The second-order valence-electron chi connectivity index (χ2n) is 6.93. The van der Waals surface area contributed by atoms with E-state index in [0.717, 1.165) is 5.56 Å². The predicted octanol–water partition coefficient (Wildman–Crippen LogP) is 3.97. The standard InChI is InChI=1S/C24H20FNO6/c25-18-6-4-16(5-7-18)14-31-20-3-1-2-17(12-20)24(28)32-15-23(27)26-19-8-9-21-22(13-19)30-11-10-29-21/h1-9,12-13H,10-11,14-15H2,(H,26,27). The first kappa shape index (κ1) is 21.2. The molecule has 8 heteroatoms. The number of rotatable bonds is 7. The van der Waals surface area contributed by atoms with Gasteiger partial charge in [0.25, 0.3) is 5.91 Å². The fraction of sp³-hybridized carbons (Fsp3) is 0.167. The van der Waals surface area contributed by atoms with E-state index >= 15 is 0 Å². The third-order valence-corrected chi connectivity index (χ3v) is 4.55. The van der Waals surface area contributed by atoms with Crippen molar-refractivity contribution in [3.63, 3.8) is 0 Å². The summed E-state index contributed by atoms with van der Waals surface area (Å²) in [5.41, 5.74) is 1.54. The van der Waals surface area contributed by atoms with E-state index in [1.165, 1.54) is 18.2 Å². The van der Waals surface area contributed by atoms with Crippen LogP contribution in [-0.4, -0.2) is 31.7 Å². The predicted molar refractivity (Wildman–Crippen MR) is 114 cm³/mol. The Morgan fingerprint density at radius 2 is 1.72 bits per heavy atom. The van der Waals surface area contributed by atoms with Crippen LogP contribution in [0.1, 0.15) is 15.9 Å². The van der Waals surface area contributed by atoms with E-state index in [1.807, 2.05) is 0 Å². The van der Waals surface area contributed by atoms with Crippen LogP contribution in [0.5, 0.6) is 17.2 Å². The Morgan fingerprint density at radius 1 is 0.938 bits per heavy atom. The molecule has 4 rings (SSSR count). The first-order chi connectivity index (χ1) is 15.6. The van der Waals surface area contributed by atoms with Crippen molar-refractivity contribution in [2.24, 2.45) is 0 Å². The molecule has 3 aromatic carbocycles. The van der Waals surface area contributed by atoms with Crippen molar-refractivity contribution in [2.45, 2.75) is 6.61 Å². The van der Waals surface area contributed by atoms with Crippen LogP contribution in [0.3, 0.4) is 0 Å². The monoisotopic (exact) mass is 437 g/mol. The van der Waals surface area contributed by atoms with E-state index in [2.05, 4.69) is 5.32 Å². The normalized spacial score (nSPS) is 12.0. The van der Waals surface area contributed by atoms with Crippen molar-refractivity contribution in [1.29, 1.82) is 0 Å². The average molecular weight is 437 g/mol. The molecule has 1 N–H and O–H groups in total. The second-order valence-corrected chi connectivity index (χ2v) is 6.93. The number of amides is 1. The number of fused-ring (bicyclic) bond motifs is 1. The molecule has 1 amide bonds. The Kier molecular flexibility index (Phi) is 6.50. The van der Waals surface area contributed by atoms with Crippen molar-refractivity contribution in [3.8, 4) is 17.2 Å². The van der Waals surface area contributed by atoms with Gasteiger partial charge in [0.15, 0.2) is 18.1 Å². The highest BCUT2D eigenvalue weighted by molar-refractivity contribution is 5.95. The van der Waals surface area contributed by atoms with E-state index in [0.29, 0.717) is 36.1 Å². The average Bonchev–Trinajstić information content (AvgIpc) is 2.82. The zero-order valence-electron chi connectivity index (χ0n) is 17.0. The smallest absolute Gasteiger partial charge is 0.338 e. The Balaban J connectivity index is 1.28. The van der Waals surface area contributed by atoms with E-state index in [1.54, 1.807) is 48.5 Å². The topological polar surface area (TPSA) is 83.1 Å². The lowest BCUT2D eigenvalue weighted by atomic mass is 10.2. The Labute approximate surface area is 183 Å². The fourth-order valence-corrected chi connectivity index (χ4v) is 2.99. The Morgan fingerprint density at radius 3 is 2.53 bits per heavy atom. The van der Waals surface area contributed by atoms with Gasteiger partial charge in [0.2, 0.25) is 0 Å². The van der Waals surface area contributed by atoms with Crippen LogP contribution in [0, 0.1) is 5.82 Å². The summed E-state index contributed by atoms with van der Waals surface area (Å²) in [6.07, 6.45) is 0. The molecular weight excluding hydrogens is 417 g/mol. The summed E-state index contributed by atoms with van der Waals surface area (Å²) in [6, 6.07) is 17.4. The van der Waals surface area contributed by atoms with Crippen LogP contribution in [0.4, 0.5) is 10.1 Å². The second kappa shape index (κ2) is 9.82. The van der Waals surface area contributed by atoms with Crippen molar-refractivity contribution in [1.82, 2.24) is 0 Å². The lowest BCUT2D eigenvalue weighted by molar-refractivity contribution is -0.119. The summed E-state index contributed by atoms with van der Waals surface area (Å²) < 4.78 is 34.6. The van der Waals surface area contributed by atoms with Gasteiger partial charge < -0.3 is 24.3 Å². The zero-order valence-corrected chi connectivity index (χ0v) is 17.0. The number of carbonyl (C=O) groups is 2. The summed E-state index contributed by atoms with van der Waals surface area (Å²) in [7, 11) is 0. The van der Waals surface area contributed by atoms with Gasteiger partial charge in [-0.1, -0.05) is 18.2 Å². The number of nitrogens with one attached hydrogen (secondary N) is 1. The number of halogens is 1. The molecule has 0 aromatic heterocycles. The maximum absolute atomic E-state index is 13.0. The highest BCUT2D eigenvalue weighted by Gasteiger charge is 2.14. The maximum Gasteiger partial charge on any atom is 0.338 e. The van der Waals surface area contributed by atoms with Gasteiger partial charge in [0, 0.05) is 11.8 Å². The van der Waals surface area contributed by atoms with Crippen LogP contribution in [0.25, 0.3) is 0 Å². The first-order valence-corrected chi connectivity index (χ1v) is 9.91. The Bertz CT molecular complexity index is 1120. The van der Waals surface area contributed by atoms with E-state index in [9.17, 15) is 14.0 Å². The van der Waals surface area contributed by atoms with Crippen LogP contribution in [-0.2, 0) is 16.1 Å². The van der Waals surface area contributed by atoms with E-state index in [-0.39, 0.29) is 18.0 Å². The molecular formula is C24H20FNO6. The molecule has 0 atom stereocenters. The van der Waals surface area contributed by atoms with Crippen LogP contribution in [0.2, 0.25) is 0 Å². The van der Waals surface area contributed by atoms with Gasteiger partial charge in [0.05, 0.1) is 5.56 Å². The molecule has 7 nitrogen and oxygen atoms in total. The summed E-state index contributed by atoms with van der Waals surface area (Å²) in [6.45, 7) is 0.687. The number of anilines is 1.